The van der Waals surface area contributed by atoms with Crippen molar-refractivity contribution < 1.29 is 9.53 Å². The molecule has 26 heavy (non-hydrogen) atoms. The van der Waals surface area contributed by atoms with Crippen LogP contribution in [0.15, 0.2) is 36.8 Å². The van der Waals surface area contributed by atoms with Crippen LogP contribution in [0.3, 0.4) is 0 Å². The number of methoxy groups -OCH3 is 1. The van der Waals surface area contributed by atoms with Crippen LogP contribution in [0.2, 0.25) is 0 Å². The standard InChI is InChI=1S/C20H26N4O2/c1-21-17-6-3-14(4-7-17)20(25)24-12-16-11-15(5-8-19(16)26-2)18-13-22-9-10-23-18/h5,8-11,13-14,17,21H,3-4,6-7,12H2,1-2H3,(H,24,25). The zero-order valence-electron chi connectivity index (χ0n) is 15.4. The monoisotopic (exact) mass is 354 g/mol. The number of aromatic nitrogens is 2. The quantitative estimate of drug-likeness (QED) is 0.834. The molecule has 6 nitrogen and oxygen atoms in total. The second kappa shape index (κ2) is 8.76. The molecule has 2 N–H and O–H groups in total. The number of nitrogens with one attached hydrogen (secondary N) is 2. The highest BCUT2D eigenvalue weighted by Gasteiger charge is 2.25. The summed E-state index contributed by atoms with van der Waals surface area (Å²) >= 11 is 0. The van der Waals surface area contributed by atoms with Crippen LogP contribution >= 0.6 is 0 Å². The van der Waals surface area contributed by atoms with Gasteiger partial charge in [0.2, 0.25) is 5.91 Å². The smallest absolute Gasteiger partial charge is 0.223 e. The molecule has 2 aromatic rings. The van der Waals surface area contributed by atoms with Crippen molar-refractivity contribution in [2.75, 3.05) is 14.2 Å². The van der Waals surface area contributed by atoms with Crippen LogP contribution in [0.4, 0.5) is 0 Å². The maximum atomic E-state index is 12.5. The Morgan fingerprint density at radius 2 is 2.04 bits per heavy atom. The van der Waals surface area contributed by atoms with E-state index in [0.717, 1.165) is 48.3 Å². The van der Waals surface area contributed by atoms with Crippen molar-refractivity contribution in [1.29, 1.82) is 0 Å². The molecule has 0 atom stereocenters. The number of carbonyl (C=O) groups excluding carboxylic acids is 1. The third-order valence-electron chi connectivity index (χ3n) is 5.10. The first-order valence-electron chi connectivity index (χ1n) is 9.09. The van der Waals surface area contributed by atoms with Crippen molar-refractivity contribution in [3.8, 4) is 17.0 Å². The summed E-state index contributed by atoms with van der Waals surface area (Å²) in [6, 6.07) is 6.40. The van der Waals surface area contributed by atoms with E-state index in [1.54, 1.807) is 25.7 Å². The van der Waals surface area contributed by atoms with Crippen molar-refractivity contribution in [1.82, 2.24) is 20.6 Å². The Morgan fingerprint density at radius 3 is 2.69 bits per heavy atom. The molecule has 3 rings (SSSR count). The summed E-state index contributed by atoms with van der Waals surface area (Å²) in [5, 5.41) is 6.38. The van der Waals surface area contributed by atoms with Gasteiger partial charge in [0, 0.05) is 42.0 Å². The minimum Gasteiger partial charge on any atom is -0.496 e. The zero-order valence-corrected chi connectivity index (χ0v) is 15.4. The zero-order chi connectivity index (χ0) is 18.4. The number of benzene rings is 1. The number of carbonyl (C=O) groups is 1. The second-order valence-electron chi connectivity index (χ2n) is 6.67. The normalized spacial score (nSPS) is 19.8. The Bertz CT molecular complexity index is 728. The van der Waals surface area contributed by atoms with Crippen LogP contribution in [0.5, 0.6) is 5.75 Å². The third kappa shape index (κ3) is 4.38. The van der Waals surface area contributed by atoms with Crippen molar-refractivity contribution in [3.63, 3.8) is 0 Å². The van der Waals surface area contributed by atoms with E-state index in [9.17, 15) is 4.79 Å². The first kappa shape index (κ1) is 18.3. The number of ether oxygens (including phenoxy) is 1. The number of amides is 1. The molecule has 1 aromatic heterocycles. The molecule has 0 unspecified atom stereocenters. The summed E-state index contributed by atoms with van der Waals surface area (Å²) in [4.78, 5) is 21.0. The Kier molecular flexibility index (Phi) is 6.17. The van der Waals surface area contributed by atoms with Gasteiger partial charge in [-0.1, -0.05) is 0 Å². The van der Waals surface area contributed by atoms with E-state index in [4.69, 9.17) is 4.74 Å². The molecule has 138 valence electrons. The maximum Gasteiger partial charge on any atom is 0.223 e. The largest absolute Gasteiger partial charge is 0.496 e. The van der Waals surface area contributed by atoms with Gasteiger partial charge in [-0.15, -0.1) is 0 Å². The number of nitrogens with zero attached hydrogens (tertiary/aromatic N) is 2. The van der Waals surface area contributed by atoms with E-state index in [1.165, 1.54) is 0 Å². The lowest BCUT2D eigenvalue weighted by Gasteiger charge is -2.27. The lowest BCUT2D eigenvalue weighted by Crippen LogP contribution is -2.37. The van der Waals surface area contributed by atoms with E-state index >= 15 is 0 Å². The van der Waals surface area contributed by atoms with Crippen molar-refractivity contribution >= 4 is 5.91 Å². The van der Waals surface area contributed by atoms with Crippen LogP contribution in [0.1, 0.15) is 31.2 Å². The van der Waals surface area contributed by atoms with Gasteiger partial charge >= 0.3 is 0 Å². The number of rotatable bonds is 6. The summed E-state index contributed by atoms with van der Waals surface area (Å²) in [7, 11) is 3.63. The average molecular weight is 354 g/mol. The Hall–Kier alpha value is -2.47. The fourth-order valence-corrected chi connectivity index (χ4v) is 3.50. The van der Waals surface area contributed by atoms with Crippen LogP contribution in [-0.2, 0) is 11.3 Å². The molecular formula is C20H26N4O2. The van der Waals surface area contributed by atoms with Gasteiger partial charge in [-0.3, -0.25) is 14.8 Å². The van der Waals surface area contributed by atoms with Gasteiger partial charge in [-0.2, -0.15) is 0 Å². The van der Waals surface area contributed by atoms with Gasteiger partial charge in [0.05, 0.1) is 19.0 Å². The predicted octanol–water partition coefficient (Wildman–Crippen LogP) is 2.55. The van der Waals surface area contributed by atoms with E-state index in [-0.39, 0.29) is 11.8 Å². The summed E-state index contributed by atoms with van der Waals surface area (Å²) in [5.41, 5.74) is 2.69. The molecule has 0 spiro atoms. The van der Waals surface area contributed by atoms with Gasteiger partial charge in [0.1, 0.15) is 5.75 Å². The first-order valence-corrected chi connectivity index (χ1v) is 9.09. The summed E-state index contributed by atoms with van der Waals surface area (Å²) in [6.07, 6.45) is 9.03. The van der Waals surface area contributed by atoms with Crippen LogP contribution in [0, 0.1) is 5.92 Å². The van der Waals surface area contributed by atoms with E-state index in [0.29, 0.717) is 12.6 Å². The molecule has 1 heterocycles. The summed E-state index contributed by atoms with van der Waals surface area (Å²) in [6.45, 7) is 0.446. The molecule has 0 saturated heterocycles. The molecule has 0 aliphatic heterocycles. The molecule has 1 fully saturated rings. The molecule has 0 bridgehead atoms. The van der Waals surface area contributed by atoms with Crippen molar-refractivity contribution in [2.24, 2.45) is 5.92 Å². The van der Waals surface area contributed by atoms with E-state index in [1.807, 2.05) is 25.2 Å². The highest BCUT2D eigenvalue weighted by molar-refractivity contribution is 5.78. The van der Waals surface area contributed by atoms with Gasteiger partial charge in [0.15, 0.2) is 0 Å². The Labute approximate surface area is 154 Å². The van der Waals surface area contributed by atoms with E-state index in [2.05, 4.69) is 20.6 Å². The van der Waals surface area contributed by atoms with Crippen molar-refractivity contribution in [3.05, 3.63) is 42.4 Å². The maximum absolute atomic E-state index is 12.5. The minimum absolute atomic E-state index is 0.105. The summed E-state index contributed by atoms with van der Waals surface area (Å²) in [5.74, 6) is 0.997. The lowest BCUT2D eigenvalue weighted by molar-refractivity contribution is -0.126. The third-order valence-corrected chi connectivity index (χ3v) is 5.10. The molecular weight excluding hydrogens is 328 g/mol. The van der Waals surface area contributed by atoms with Gasteiger partial charge in [-0.05, 0) is 50.9 Å². The number of hydrogen-bond donors (Lipinski definition) is 2. The van der Waals surface area contributed by atoms with Gasteiger partial charge in [0.25, 0.3) is 0 Å². The fourth-order valence-electron chi connectivity index (χ4n) is 3.50. The van der Waals surface area contributed by atoms with Gasteiger partial charge in [-0.25, -0.2) is 0 Å². The lowest BCUT2D eigenvalue weighted by atomic mass is 9.85. The highest BCUT2D eigenvalue weighted by Crippen LogP contribution is 2.27. The molecule has 6 heteroatoms. The average Bonchev–Trinajstić information content (AvgIpc) is 2.72. The van der Waals surface area contributed by atoms with Gasteiger partial charge < -0.3 is 15.4 Å². The Balaban J connectivity index is 1.66. The van der Waals surface area contributed by atoms with Crippen LogP contribution < -0.4 is 15.4 Å². The molecule has 0 radical (unpaired) electrons. The molecule has 1 aromatic carbocycles. The number of hydrogen-bond acceptors (Lipinski definition) is 5. The Morgan fingerprint density at radius 1 is 1.23 bits per heavy atom. The van der Waals surface area contributed by atoms with Crippen molar-refractivity contribution in [2.45, 2.75) is 38.3 Å². The molecule has 1 amide bonds. The molecule has 1 aliphatic carbocycles. The van der Waals surface area contributed by atoms with Crippen LogP contribution in [-0.4, -0.2) is 36.1 Å². The predicted molar refractivity (Wildman–Crippen MR) is 101 cm³/mol. The minimum atomic E-state index is 0.105. The molecule has 1 saturated carbocycles. The first-order chi connectivity index (χ1) is 12.7. The SMILES string of the molecule is CNC1CCC(C(=O)NCc2cc(-c3cnccn3)ccc2OC)CC1. The summed E-state index contributed by atoms with van der Waals surface area (Å²) < 4.78 is 5.45. The highest BCUT2D eigenvalue weighted by atomic mass is 16.5. The topological polar surface area (TPSA) is 76.1 Å². The van der Waals surface area contributed by atoms with Crippen LogP contribution in [0.25, 0.3) is 11.3 Å². The van der Waals surface area contributed by atoms with E-state index < -0.39 is 0 Å². The second-order valence-corrected chi connectivity index (χ2v) is 6.67. The fraction of sp³-hybridized carbons (Fsp3) is 0.450. The molecule has 1 aliphatic rings.